The molecular weight excluding hydrogens is 291 g/mol. The Bertz CT molecular complexity index is 541. The molecule has 2 atom stereocenters. The highest BCUT2D eigenvalue weighted by atomic mass is 19.1. The highest BCUT2D eigenvalue weighted by Crippen LogP contribution is 2.35. The second-order valence-corrected chi connectivity index (χ2v) is 5.97. The average molecular weight is 310 g/mol. The van der Waals surface area contributed by atoms with Crippen molar-refractivity contribution in [1.29, 1.82) is 0 Å². The molecule has 3 heterocycles. The van der Waals surface area contributed by atoms with Gasteiger partial charge in [0.1, 0.15) is 0 Å². The number of aromatic nitrogens is 2. The molecule has 0 aromatic carbocycles. The first-order valence-corrected chi connectivity index (χ1v) is 7.37. The lowest BCUT2D eigenvalue weighted by Crippen LogP contribution is -2.49. The first-order chi connectivity index (χ1) is 10.5. The fourth-order valence-electron chi connectivity index (χ4n) is 3.31. The number of hydrogen-bond acceptors (Lipinski definition) is 6. The molecule has 22 heavy (non-hydrogen) atoms. The molecule has 3 rings (SSSR count). The highest BCUT2D eigenvalue weighted by Gasteiger charge is 2.43. The van der Waals surface area contributed by atoms with Gasteiger partial charge < -0.3 is 15.2 Å². The van der Waals surface area contributed by atoms with Gasteiger partial charge in [-0.05, 0) is 19.4 Å². The standard InChI is InChI=1S/C14H19FN4O3/c15-10-5-16-13(17-6-10)18-11-4-14(22-8-11)2-1-3-19(9-14)7-12(20)21/h5-6,11H,1-4,7-9H2,(H,20,21)(H,16,17,18). The Labute approximate surface area is 127 Å². The van der Waals surface area contributed by atoms with Gasteiger partial charge in [0.2, 0.25) is 5.95 Å². The van der Waals surface area contributed by atoms with Crippen LogP contribution in [0.25, 0.3) is 0 Å². The molecule has 0 radical (unpaired) electrons. The molecule has 2 aliphatic rings. The van der Waals surface area contributed by atoms with Crippen LogP contribution in [0, 0.1) is 5.82 Å². The fraction of sp³-hybridized carbons (Fsp3) is 0.643. The molecule has 0 amide bonds. The molecule has 2 N–H and O–H groups in total. The maximum Gasteiger partial charge on any atom is 0.317 e. The summed E-state index contributed by atoms with van der Waals surface area (Å²) in [6.07, 6.45) is 4.86. The van der Waals surface area contributed by atoms with Crippen LogP contribution >= 0.6 is 0 Å². The molecule has 2 unspecified atom stereocenters. The van der Waals surface area contributed by atoms with Crippen LogP contribution in [-0.4, -0.2) is 63.8 Å². The Morgan fingerprint density at radius 2 is 2.32 bits per heavy atom. The van der Waals surface area contributed by atoms with Crippen LogP contribution in [0.4, 0.5) is 10.3 Å². The summed E-state index contributed by atoms with van der Waals surface area (Å²) in [7, 11) is 0. The molecule has 2 fully saturated rings. The molecule has 0 bridgehead atoms. The largest absolute Gasteiger partial charge is 0.480 e. The first kappa shape index (κ1) is 15.1. The van der Waals surface area contributed by atoms with E-state index < -0.39 is 11.8 Å². The van der Waals surface area contributed by atoms with Crippen LogP contribution in [0.5, 0.6) is 0 Å². The summed E-state index contributed by atoms with van der Waals surface area (Å²) in [6, 6.07) is 0.0511. The van der Waals surface area contributed by atoms with Crippen molar-refractivity contribution in [1.82, 2.24) is 14.9 Å². The maximum absolute atomic E-state index is 12.8. The van der Waals surface area contributed by atoms with Gasteiger partial charge in [0.25, 0.3) is 0 Å². The SMILES string of the molecule is O=C(O)CN1CCCC2(CC(Nc3ncc(F)cn3)CO2)C1. The molecule has 1 aromatic heterocycles. The zero-order valence-electron chi connectivity index (χ0n) is 12.2. The second kappa shape index (κ2) is 6.13. The normalized spacial score (nSPS) is 28.9. The van der Waals surface area contributed by atoms with Crippen molar-refractivity contribution in [2.24, 2.45) is 0 Å². The Morgan fingerprint density at radius 3 is 3.05 bits per heavy atom. The number of nitrogens with one attached hydrogen (secondary N) is 1. The second-order valence-electron chi connectivity index (χ2n) is 5.97. The molecule has 1 aromatic rings. The summed E-state index contributed by atoms with van der Waals surface area (Å²) in [6.45, 7) is 1.98. The average Bonchev–Trinajstić information content (AvgIpc) is 2.83. The van der Waals surface area contributed by atoms with Crippen molar-refractivity contribution >= 4 is 11.9 Å². The quantitative estimate of drug-likeness (QED) is 0.848. The minimum atomic E-state index is -0.815. The lowest BCUT2D eigenvalue weighted by atomic mass is 9.88. The van der Waals surface area contributed by atoms with Gasteiger partial charge in [-0.1, -0.05) is 0 Å². The number of rotatable bonds is 4. The third-order valence-corrected chi connectivity index (χ3v) is 4.14. The number of anilines is 1. The van der Waals surface area contributed by atoms with Gasteiger partial charge in [0.05, 0.1) is 37.2 Å². The van der Waals surface area contributed by atoms with Gasteiger partial charge in [-0.15, -0.1) is 0 Å². The van der Waals surface area contributed by atoms with Crippen LogP contribution < -0.4 is 5.32 Å². The van der Waals surface area contributed by atoms with Gasteiger partial charge in [0, 0.05) is 13.0 Å². The topological polar surface area (TPSA) is 87.6 Å². The molecule has 7 nitrogen and oxygen atoms in total. The van der Waals surface area contributed by atoms with E-state index in [1.165, 1.54) is 0 Å². The van der Waals surface area contributed by atoms with Crippen molar-refractivity contribution in [3.05, 3.63) is 18.2 Å². The maximum atomic E-state index is 12.8. The number of likely N-dealkylation sites (tertiary alicyclic amines) is 1. The van der Waals surface area contributed by atoms with Crippen molar-refractivity contribution in [3.63, 3.8) is 0 Å². The van der Waals surface area contributed by atoms with Crippen LogP contribution in [-0.2, 0) is 9.53 Å². The van der Waals surface area contributed by atoms with E-state index in [0.29, 0.717) is 19.1 Å². The molecule has 0 saturated carbocycles. The molecule has 120 valence electrons. The summed E-state index contributed by atoms with van der Waals surface area (Å²) in [4.78, 5) is 20.6. The number of carbonyl (C=O) groups is 1. The Kier molecular flexibility index (Phi) is 4.21. The number of aliphatic carboxylic acids is 1. The number of nitrogens with zero attached hydrogens (tertiary/aromatic N) is 3. The monoisotopic (exact) mass is 310 g/mol. The van der Waals surface area contributed by atoms with Crippen molar-refractivity contribution in [3.8, 4) is 0 Å². The van der Waals surface area contributed by atoms with Crippen molar-refractivity contribution in [2.45, 2.75) is 30.9 Å². The van der Waals surface area contributed by atoms with E-state index in [4.69, 9.17) is 9.84 Å². The van der Waals surface area contributed by atoms with Gasteiger partial charge in [-0.3, -0.25) is 9.69 Å². The van der Waals surface area contributed by atoms with Crippen LogP contribution in [0.1, 0.15) is 19.3 Å². The highest BCUT2D eigenvalue weighted by molar-refractivity contribution is 5.69. The zero-order chi connectivity index (χ0) is 15.6. The first-order valence-electron chi connectivity index (χ1n) is 7.37. The van der Waals surface area contributed by atoms with E-state index in [1.807, 2.05) is 4.90 Å². The Morgan fingerprint density at radius 1 is 1.55 bits per heavy atom. The summed E-state index contributed by atoms with van der Waals surface area (Å²) < 4.78 is 18.8. The van der Waals surface area contributed by atoms with Gasteiger partial charge in [-0.25, -0.2) is 14.4 Å². The number of hydrogen-bond donors (Lipinski definition) is 2. The third-order valence-electron chi connectivity index (χ3n) is 4.14. The summed E-state index contributed by atoms with van der Waals surface area (Å²) in [5, 5.41) is 12.1. The zero-order valence-corrected chi connectivity index (χ0v) is 12.2. The smallest absolute Gasteiger partial charge is 0.317 e. The minimum absolute atomic E-state index is 0.0459. The lowest BCUT2D eigenvalue weighted by Gasteiger charge is -2.39. The molecule has 1 spiro atoms. The molecule has 2 saturated heterocycles. The van der Waals surface area contributed by atoms with E-state index >= 15 is 0 Å². The summed E-state index contributed by atoms with van der Waals surface area (Å²) in [5.41, 5.74) is -0.300. The number of ether oxygens (including phenoxy) is 1. The van der Waals surface area contributed by atoms with E-state index in [2.05, 4.69) is 15.3 Å². The van der Waals surface area contributed by atoms with Crippen LogP contribution in [0.3, 0.4) is 0 Å². The van der Waals surface area contributed by atoms with Crippen molar-refractivity contribution in [2.75, 3.05) is 31.6 Å². The molecule has 8 heteroatoms. The third kappa shape index (κ3) is 3.50. The number of halogens is 1. The van der Waals surface area contributed by atoms with Crippen molar-refractivity contribution < 1.29 is 19.0 Å². The number of piperidine rings is 1. The van der Waals surface area contributed by atoms with Crippen LogP contribution in [0.2, 0.25) is 0 Å². The van der Waals surface area contributed by atoms with E-state index in [9.17, 15) is 9.18 Å². The van der Waals surface area contributed by atoms with E-state index in [0.717, 1.165) is 38.2 Å². The van der Waals surface area contributed by atoms with Gasteiger partial charge in [-0.2, -0.15) is 0 Å². The Hall–Kier alpha value is -1.80. The Balaban J connectivity index is 1.58. The van der Waals surface area contributed by atoms with E-state index in [-0.39, 0.29) is 18.2 Å². The van der Waals surface area contributed by atoms with Crippen LogP contribution in [0.15, 0.2) is 12.4 Å². The van der Waals surface area contributed by atoms with E-state index in [1.54, 1.807) is 0 Å². The number of carboxylic acid groups (broad SMARTS) is 1. The summed E-state index contributed by atoms with van der Waals surface area (Å²) >= 11 is 0. The predicted octanol–water partition coefficient (Wildman–Crippen LogP) is 0.736. The van der Waals surface area contributed by atoms with Gasteiger partial charge >= 0.3 is 5.97 Å². The molecular formula is C14H19FN4O3. The number of carboxylic acids is 1. The molecule has 2 aliphatic heterocycles. The summed E-state index contributed by atoms with van der Waals surface area (Å²) in [5.74, 6) is -0.907. The fourth-order valence-corrected chi connectivity index (χ4v) is 3.31. The lowest BCUT2D eigenvalue weighted by molar-refractivity contribution is -0.140. The molecule has 0 aliphatic carbocycles. The van der Waals surface area contributed by atoms with Gasteiger partial charge in [0.15, 0.2) is 5.82 Å². The minimum Gasteiger partial charge on any atom is -0.480 e. The predicted molar refractivity (Wildman–Crippen MR) is 76.0 cm³/mol.